The molecule has 40 heavy (non-hydrogen) atoms. The smallest absolute Gasteiger partial charge is 0.462 e. The first-order chi connectivity index (χ1) is 18.8. The number of carbonyl (C=O) groups is 2. The second kappa shape index (κ2) is 29.5. The van der Waals surface area contributed by atoms with Gasteiger partial charge in [-0.05, 0) is 12.8 Å². The molecule has 240 valence electrons. The lowest BCUT2D eigenvalue weighted by Gasteiger charge is -2.19. The van der Waals surface area contributed by atoms with Crippen LogP contribution in [0.1, 0.15) is 150 Å². The van der Waals surface area contributed by atoms with E-state index >= 15 is 0 Å². The van der Waals surface area contributed by atoms with E-state index in [1.54, 1.807) is 0 Å². The lowest BCUT2D eigenvalue weighted by Crippen LogP contribution is -2.29. The molecule has 0 aliphatic rings. The summed E-state index contributed by atoms with van der Waals surface area (Å²) < 4.78 is 32.3. The lowest BCUT2D eigenvalue weighted by molar-refractivity contribution is -0.161. The van der Waals surface area contributed by atoms with E-state index in [4.69, 9.17) is 24.3 Å². The Morgan fingerprint density at radius 2 is 1.10 bits per heavy atom. The number of phosphoric ester groups is 1. The molecule has 0 radical (unpaired) electrons. The number of phosphoric acid groups is 1. The van der Waals surface area contributed by atoms with Gasteiger partial charge >= 0.3 is 19.8 Å². The second-order valence-electron chi connectivity index (χ2n) is 10.3. The molecule has 0 aromatic carbocycles. The number of unbranched alkanes of at least 4 members (excludes halogenated alkanes) is 16. The van der Waals surface area contributed by atoms with Gasteiger partial charge in [-0.3, -0.25) is 18.6 Å². The molecule has 0 aliphatic heterocycles. The highest BCUT2D eigenvalue weighted by Crippen LogP contribution is 2.43. The molecule has 0 fully saturated rings. The van der Waals surface area contributed by atoms with Gasteiger partial charge in [-0.25, -0.2) is 4.57 Å². The zero-order chi connectivity index (χ0) is 29.0. The van der Waals surface area contributed by atoms with Crippen LogP contribution in [0.3, 0.4) is 0 Å². The minimum absolute atomic E-state index is 0. The topological polar surface area (TPSA) is 134 Å². The molecule has 9 nitrogen and oxygen atoms in total. The molecule has 0 amide bonds. The first-order valence-corrected chi connectivity index (χ1v) is 17.0. The van der Waals surface area contributed by atoms with E-state index in [9.17, 15) is 19.0 Å². The highest BCUT2D eigenvalue weighted by molar-refractivity contribution is 7.47. The van der Waals surface area contributed by atoms with Crippen LogP contribution in [-0.2, 0) is 32.7 Å². The van der Waals surface area contributed by atoms with Crippen LogP contribution < -0.4 is 5.73 Å². The summed E-state index contributed by atoms with van der Waals surface area (Å²) in [5, 5.41) is 0. The summed E-state index contributed by atoms with van der Waals surface area (Å²) in [6, 6.07) is 0. The summed E-state index contributed by atoms with van der Waals surface area (Å²) in [7, 11) is -4.35. The Labute approximate surface area is 245 Å². The van der Waals surface area contributed by atoms with Crippen LogP contribution in [0.2, 0.25) is 0 Å². The van der Waals surface area contributed by atoms with Crippen LogP contribution >= 0.6 is 7.82 Å². The van der Waals surface area contributed by atoms with Gasteiger partial charge in [-0.2, -0.15) is 0 Å². The quantitative estimate of drug-likeness (QED) is 0.0501. The number of hydrogen-bond donors (Lipinski definition) is 2. The standard InChI is InChI=1S/C29H58NO8P.CH4/c1-3-5-7-9-11-13-15-17-19-21-28(31)35-25-27(26-37-39(33,34)36-24-23-30)38-29(32)22-20-18-16-14-12-10-8-6-4-2;/h27H,3-26,30H2,1-2H3,(H,33,34);1H4/t27-;/m1./s1. The Morgan fingerprint density at radius 3 is 1.55 bits per heavy atom. The fourth-order valence-corrected chi connectivity index (χ4v) is 4.93. The minimum Gasteiger partial charge on any atom is -0.462 e. The maximum atomic E-state index is 12.4. The van der Waals surface area contributed by atoms with Crippen molar-refractivity contribution in [2.45, 2.75) is 156 Å². The Morgan fingerprint density at radius 1 is 0.675 bits per heavy atom. The summed E-state index contributed by atoms with van der Waals surface area (Å²) >= 11 is 0. The van der Waals surface area contributed by atoms with Gasteiger partial charge in [0, 0.05) is 19.4 Å². The van der Waals surface area contributed by atoms with Gasteiger partial charge < -0.3 is 20.1 Å². The average Bonchev–Trinajstić information content (AvgIpc) is 2.91. The largest absolute Gasteiger partial charge is 0.472 e. The van der Waals surface area contributed by atoms with Gasteiger partial charge in [0.2, 0.25) is 0 Å². The van der Waals surface area contributed by atoms with Crippen molar-refractivity contribution in [2.75, 3.05) is 26.4 Å². The van der Waals surface area contributed by atoms with Crippen LogP contribution in [0.4, 0.5) is 0 Å². The number of rotatable bonds is 29. The maximum Gasteiger partial charge on any atom is 0.472 e. The van der Waals surface area contributed by atoms with Gasteiger partial charge in [0.1, 0.15) is 6.61 Å². The van der Waals surface area contributed by atoms with Gasteiger partial charge in [0.25, 0.3) is 0 Å². The van der Waals surface area contributed by atoms with Gasteiger partial charge in [0.15, 0.2) is 6.10 Å². The Hall–Kier alpha value is -0.990. The molecule has 2 atom stereocenters. The molecule has 0 bridgehead atoms. The summed E-state index contributed by atoms with van der Waals surface area (Å²) in [4.78, 5) is 34.3. The molecular weight excluding hydrogens is 533 g/mol. The van der Waals surface area contributed by atoms with Crippen molar-refractivity contribution in [1.29, 1.82) is 0 Å². The first-order valence-electron chi connectivity index (χ1n) is 15.5. The van der Waals surface area contributed by atoms with Crippen molar-refractivity contribution in [3.05, 3.63) is 0 Å². The summed E-state index contributed by atoms with van der Waals surface area (Å²) in [5.41, 5.74) is 5.29. The van der Waals surface area contributed by atoms with E-state index in [-0.39, 0.29) is 46.0 Å². The fourth-order valence-electron chi connectivity index (χ4n) is 4.16. The first kappa shape index (κ1) is 41.1. The number of ether oxygens (including phenoxy) is 2. The molecule has 3 N–H and O–H groups in total. The molecule has 0 aromatic rings. The summed E-state index contributed by atoms with van der Waals surface area (Å²) in [6.45, 7) is 3.66. The Balaban J connectivity index is 0. The summed E-state index contributed by atoms with van der Waals surface area (Å²) in [5.74, 6) is -0.832. The van der Waals surface area contributed by atoms with E-state index in [1.807, 2.05) is 0 Å². The molecule has 0 saturated heterocycles. The maximum absolute atomic E-state index is 12.4. The van der Waals surface area contributed by atoms with Crippen LogP contribution in [0.25, 0.3) is 0 Å². The van der Waals surface area contributed by atoms with Crippen molar-refractivity contribution in [2.24, 2.45) is 5.73 Å². The average molecular weight is 596 g/mol. The predicted octanol–water partition coefficient (Wildman–Crippen LogP) is 8.01. The van der Waals surface area contributed by atoms with E-state index in [2.05, 4.69) is 13.8 Å². The van der Waals surface area contributed by atoms with Crippen LogP contribution in [0.5, 0.6) is 0 Å². The van der Waals surface area contributed by atoms with Gasteiger partial charge in [-0.15, -0.1) is 0 Å². The highest BCUT2D eigenvalue weighted by Gasteiger charge is 2.25. The third-order valence-electron chi connectivity index (χ3n) is 6.49. The van der Waals surface area contributed by atoms with E-state index in [0.717, 1.165) is 32.1 Å². The molecule has 0 aromatic heterocycles. The molecule has 0 aliphatic carbocycles. The lowest BCUT2D eigenvalue weighted by atomic mass is 10.1. The van der Waals surface area contributed by atoms with Gasteiger partial charge in [0.05, 0.1) is 13.2 Å². The molecule has 0 rings (SSSR count). The van der Waals surface area contributed by atoms with E-state index in [0.29, 0.717) is 6.42 Å². The molecular formula is C30H62NO8P. The van der Waals surface area contributed by atoms with E-state index in [1.165, 1.54) is 77.0 Å². The zero-order valence-electron chi connectivity index (χ0n) is 24.9. The number of nitrogens with two attached hydrogens (primary N) is 1. The SMILES string of the molecule is C.CCCCCCCCCCCC(=O)OC[C@H](COP(=O)(O)OCCN)OC(=O)CCCCCCCCCCC. The molecule has 0 saturated carbocycles. The number of esters is 2. The normalized spacial score (nSPS) is 13.3. The van der Waals surface area contributed by atoms with Crippen molar-refractivity contribution in [3.63, 3.8) is 0 Å². The van der Waals surface area contributed by atoms with Crippen molar-refractivity contribution in [3.8, 4) is 0 Å². The van der Waals surface area contributed by atoms with Gasteiger partial charge in [-0.1, -0.05) is 124 Å². The van der Waals surface area contributed by atoms with Crippen LogP contribution in [0.15, 0.2) is 0 Å². The minimum atomic E-state index is -4.35. The Bertz CT molecular complexity index is 635. The van der Waals surface area contributed by atoms with Crippen molar-refractivity contribution < 1.29 is 37.6 Å². The van der Waals surface area contributed by atoms with Crippen molar-refractivity contribution in [1.82, 2.24) is 0 Å². The molecule has 0 heterocycles. The van der Waals surface area contributed by atoms with Crippen molar-refractivity contribution >= 4 is 19.8 Å². The van der Waals surface area contributed by atoms with Crippen LogP contribution in [0, 0.1) is 0 Å². The van der Waals surface area contributed by atoms with E-state index < -0.39 is 26.5 Å². The molecule has 10 heteroatoms. The highest BCUT2D eigenvalue weighted by atomic mass is 31.2. The second-order valence-corrected chi connectivity index (χ2v) is 11.8. The predicted molar refractivity (Wildman–Crippen MR) is 162 cm³/mol. The third kappa shape index (κ3) is 28.5. The Kier molecular flexibility index (Phi) is 30.3. The number of carbonyl (C=O) groups excluding carboxylic acids is 2. The monoisotopic (exact) mass is 595 g/mol. The molecule has 0 spiro atoms. The fraction of sp³-hybridized carbons (Fsp3) is 0.933. The van der Waals surface area contributed by atoms with Crippen LogP contribution in [-0.4, -0.2) is 49.3 Å². The molecule has 1 unspecified atom stereocenters. The summed E-state index contributed by atoms with van der Waals surface area (Å²) in [6.07, 6.45) is 20.0. The zero-order valence-corrected chi connectivity index (χ0v) is 25.8. The third-order valence-corrected chi connectivity index (χ3v) is 7.48. The number of hydrogen-bond acceptors (Lipinski definition) is 8.